The van der Waals surface area contributed by atoms with Crippen LogP contribution in [0, 0.1) is 6.92 Å². The van der Waals surface area contributed by atoms with E-state index in [-0.39, 0.29) is 5.91 Å². The number of rotatable bonds is 4. The van der Waals surface area contributed by atoms with Gasteiger partial charge in [0.15, 0.2) is 0 Å². The standard InChI is InChI=1S/C16H21N5O/c1-11-16(20-14-5-3-2-4-13(14)18-11)19-12-6-8-21(9-7-12)10-15(17)22/h2-5,12H,6-10H2,1H3,(H2,17,22)(H,19,20). The van der Waals surface area contributed by atoms with Gasteiger partial charge in [0.25, 0.3) is 0 Å². The summed E-state index contributed by atoms with van der Waals surface area (Å²) in [5.41, 5.74) is 7.98. The summed E-state index contributed by atoms with van der Waals surface area (Å²) in [5, 5.41) is 3.50. The van der Waals surface area contributed by atoms with Gasteiger partial charge in [-0.1, -0.05) is 12.1 Å². The molecule has 1 aromatic heterocycles. The third kappa shape index (κ3) is 3.33. The first kappa shape index (κ1) is 14.7. The predicted molar refractivity (Wildman–Crippen MR) is 86.6 cm³/mol. The molecular formula is C16H21N5O. The summed E-state index contributed by atoms with van der Waals surface area (Å²) in [6, 6.07) is 8.25. The highest BCUT2D eigenvalue weighted by molar-refractivity contribution is 5.76. The first-order valence-corrected chi connectivity index (χ1v) is 7.62. The molecule has 6 nitrogen and oxygen atoms in total. The summed E-state index contributed by atoms with van der Waals surface area (Å²) < 4.78 is 0. The fourth-order valence-corrected chi connectivity index (χ4v) is 2.87. The Hall–Kier alpha value is -2.21. The van der Waals surface area contributed by atoms with E-state index >= 15 is 0 Å². The molecule has 2 aromatic rings. The number of primary amides is 1. The number of carbonyl (C=O) groups is 1. The van der Waals surface area contributed by atoms with Crippen molar-refractivity contribution in [1.29, 1.82) is 0 Å². The lowest BCUT2D eigenvalue weighted by atomic mass is 10.0. The van der Waals surface area contributed by atoms with E-state index in [1.165, 1.54) is 0 Å². The molecule has 1 aromatic carbocycles. The van der Waals surface area contributed by atoms with Crippen molar-refractivity contribution >= 4 is 22.8 Å². The summed E-state index contributed by atoms with van der Waals surface area (Å²) in [6.07, 6.45) is 1.95. The van der Waals surface area contributed by atoms with Crippen molar-refractivity contribution < 1.29 is 4.79 Å². The molecule has 0 radical (unpaired) electrons. The van der Waals surface area contributed by atoms with Gasteiger partial charge in [-0.3, -0.25) is 9.69 Å². The number of carbonyl (C=O) groups excluding carboxylic acids is 1. The van der Waals surface area contributed by atoms with Crippen LogP contribution in [0.1, 0.15) is 18.5 Å². The highest BCUT2D eigenvalue weighted by Crippen LogP contribution is 2.20. The number of benzene rings is 1. The van der Waals surface area contributed by atoms with Crippen molar-refractivity contribution in [2.75, 3.05) is 25.0 Å². The van der Waals surface area contributed by atoms with E-state index in [0.717, 1.165) is 48.5 Å². The Kier molecular flexibility index (Phi) is 4.20. The average Bonchev–Trinajstić information content (AvgIpc) is 2.49. The summed E-state index contributed by atoms with van der Waals surface area (Å²) >= 11 is 0. The van der Waals surface area contributed by atoms with Gasteiger partial charge in [-0.05, 0) is 31.9 Å². The van der Waals surface area contributed by atoms with Crippen molar-refractivity contribution in [2.24, 2.45) is 5.73 Å². The van der Waals surface area contributed by atoms with Gasteiger partial charge in [0.1, 0.15) is 5.82 Å². The van der Waals surface area contributed by atoms with Gasteiger partial charge in [0, 0.05) is 19.1 Å². The molecule has 1 fully saturated rings. The van der Waals surface area contributed by atoms with E-state index in [0.29, 0.717) is 12.6 Å². The van der Waals surface area contributed by atoms with Crippen LogP contribution in [0.25, 0.3) is 11.0 Å². The Morgan fingerprint density at radius 1 is 1.27 bits per heavy atom. The number of para-hydroxylation sites is 2. The highest BCUT2D eigenvalue weighted by Gasteiger charge is 2.21. The molecule has 0 unspecified atom stereocenters. The largest absolute Gasteiger partial charge is 0.369 e. The molecule has 0 bridgehead atoms. The van der Waals surface area contributed by atoms with Crippen LogP contribution in [0.5, 0.6) is 0 Å². The number of amides is 1. The zero-order valence-corrected chi connectivity index (χ0v) is 12.7. The fraction of sp³-hybridized carbons (Fsp3) is 0.438. The Balaban J connectivity index is 1.67. The normalized spacial score (nSPS) is 16.8. The third-order valence-corrected chi connectivity index (χ3v) is 4.05. The summed E-state index contributed by atoms with van der Waals surface area (Å²) in [5.74, 6) is 0.592. The molecule has 116 valence electrons. The number of nitrogens with two attached hydrogens (primary N) is 1. The molecule has 6 heteroatoms. The second-order valence-corrected chi connectivity index (χ2v) is 5.81. The molecule has 1 aliphatic heterocycles. The molecule has 1 saturated heterocycles. The van der Waals surface area contributed by atoms with Crippen LogP contribution in [0.2, 0.25) is 0 Å². The lowest BCUT2D eigenvalue weighted by Crippen LogP contribution is -2.43. The van der Waals surface area contributed by atoms with Crippen LogP contribution in [-0.4, -0.2) is 46.5 Å². The Morgan fingerprint density at radius 3 is 2.55 bits per heavy atom. The number of nitrogens with one attached hydrogen (secondary N) is 1. The second kappa shape index (κ2) is 6.27. The average molecular weight is 299 g/mol. The number of likely N-dealkylation sites (tertiary alicyclic amines) is 1. The van der Waals surface area contributed by atoms with Crippen molar-refractivity contribution in [3.05, 3.63) is 30.0 Å². The van der Waals surface area contributed by atoms with Crippen molar-refractivity contribution in [3.8, 4) is 0 Å². The van der Waals surface area contributed by atoms with Gasteiger partial charge in [-0.25, -0.2) is 9.97 Å². The molecule has 0 saturated carbocycles. The van der Waals surface area contributed by atoms with Gasteiger partial charge in [-0.15, -0.1) is 0 Å². The molecule has 1 amide bonds. The van der Waals surface area contributed by atoms with Crippen LogP contribution in [-0.2, 0) is 4.79 Å². The molecule has 3 rings (SSSR count). The number of hydrogen-bond acceptors (Lipinski definition) is 5. The van der Waals surface area contributed by atoms with Crippen molar-refractivity contribution in [2.45, 2.75) is 25.8 Å². The SMILES string of the molecule is Cc1nc2ccccc2nc1NC1CCN(CC(N)=O)CC1. The molecule has 3 N–H and O–H groups in total. The third-order valence-electron chi connectivity index (χ3n) is 4.05. The minimum atomic E-state index is -0.261. The molecule has 2 heterocycles. The van der Waals surface area contributed by atoms with Crippen LogP contribution in [0.3, 0.4) is 0 Å². The quantitative estimate of drug-likeness (QED) is 0.889. The molecule has 0 aliphatic carbocycles. The van der Waals surface area contributed by atoms with Crippen LogP contribution in [0.15, 0.2) is 24.3 Å². The first-order chi connectivity index (χ1) is 10.6. The molecule has 1 aliphatic rings. The van der Waals surface area contributed by atoms with Crippen LogP contribution < -0.4 is 11.1 Å². The molecule has 22 heavy (non-hydrogen) atoms. The minimum absolute atomic E-state index is 0.261. The predicted octanol–water partition coefficient (Wildman–Crippen LogP) is 1.30. The van der Waals surface area contributed by atoms with Crippen molar-refractivity contribution in [3.63, 3.8) is 0 Å². The zero-order valence-electron chi connectivity index (χ0n) is 12.7. The van der Waals surface area contributed by atoms with E-state index in [1.54, 1.807) is 0 Å². The highest BCUT2D eigenvalue weighted by atomic mass is 16.1. The number of aryl methyl sites for hydroxylation is 1. The number of anilines is 1. The fourth-order valence-electron chi connectivity index (χ4n) is 2.87. The maximum atomic E-state index is 11.0. The molecule has 0 atom stereocenters. The number of fused-ring (bicyclic) bond motifs is 1. The first-order valence-electron chi connectivity index (χ1n) is 7.62. The monoisotopic (exact) mass is 299 g/mol. The van der Waals surface area contributed by atoms with Crippen LogP contribution in [0.4, 0.5) is 5.82 Å². The number of piperidine rings is 1. The molecular weight excluding hydrogens is 278 g/mol. The Bertz CT molecular complexity index is 679. The Labute approximate surface area is 129 Å². The van der Waals surface area contributed by atoms with Gasteiger partial charge in [0.2, 0.25) is 5.91 Å². The van der Waals surface area contributed by atoms with Gasteiger partial charge >= 0.3 is 0 Å². The summed E-state index contributed by atoms with van der Waals surface area (Å²) in [6.45, 7) is 4.08. The van der Waals surface area contributed by atoms with E-state index in [2.05, 4.69) is 20.2 Å². The Morgan fingerprint density at radius 2 is 1.91 bits per heavy atom. The smallest absolute Gasteiger partial charge is 0.231 e. The molecule has 0 spiro atoms. The van der Waals surface area contributed by atoms with E-state index in [9.17, 15) is 4.79 Å². The van der Waals surface area contributed by atoms with Crippen LogP contribution >= 0.6 is 0 Å². The second-order valence-electron chi connectivity index (χ2n) is 5.81. The topological polar surface area (TPSA) is 84.1 Å². The van der Waals surface area contributed by atoms with E-state index in [1.807, 2.05) is 31.2 Å². The maximum Gasteiger partial charge on any atom is 0.231 e. The number of aromatic nitrogens is 2. The van der Waals surface area contributed by atoms with E-state index < -0.39 is 0 Å². The van der Waals surface area contributed by atoms with E-state index in [4.69, 9.17) is 5.73 Å². The zero-order chi connectivity index (χ0) is 15.5. The van der Waals surface area contributed by atoms with Gasteiger partial charge in [-0.2, -0.15) is 0 Å². The lowest BCUT2D eigenvalue weighted by Gasteiger charge is -2.31. The summed E-state index contributed by atoms with van der Waals surface area (Å²) in [4.78, 5) is 22.3. The van der Waals surface area contributed by atoms with Crippen molar-refractivity contribution in [1.82, 2.24) is 14.9 Å². The maximum absolute atomic E-state index is 11.0. The minimum Gasteiger partial charge on any atom is -0.369 e. The summed E-state index contributed by atoms with van der Waals surface area (Å²) in [7, 11) is 0. The number of nitrogens with zero attached hydrogens (tertiary/aromatic N) is 3. The number of hydrogen-bond donors (Lipinski definition) is 2. The van der Waals surface area contributed by atoms with Gasteiger partial charge < -0.3 is 11.1 Å². The lowest BCUT2D eigenvalue weighted by molar-refractivity contribution is -0.119. The van der Waals surface area contributed by atoms with Gasteiger partial charge in [0.05, 0.1) is 23.3 Å².